The first-order valence-corrected chi connectivity index (χ1v) is 6.89. The van der Waals surface area contributed by atoms with Gasteiger partial charge in [-0.15, -0.1) is 0 Å². The van der Waals surface area contributed by atoms with Crippen LogP contribution in [0.25, 0.3) is 0 Å². The lowest BCUT2D eigenvalue weighted by Gasteiger charge is -2.37. The van der Waals surface area contributed by atoms with Gasteiger partial charge >= 0.3 is 0 Å². The highest BCUT2D eigenvalue weighted by Gasteiger charge is 2.40. The summed E-state index contributed by atoms with van der Waals surface area (Å²) < 4.78 is 0. The molecule has 98 valence electrons. The average Bonchev–Trinajstić information content (AvgIpc) is 2.39. The molecule has 1 atom stereocenters. The Kier molecular flexibility index (Phi) is 4.18. The van der Waals surface area contributed by atoms with E-state index in [2.05, 4.69) is 43.3 Å². The average molecular weight is 245 g/mol. The van der Waals surface area contributed by atoms with Crippen molar-refractivity contribution < 1.29 is 4.79 Å². The van der Waals surface area contributed by atoms with E-state index in [1.807, 2.05) is 6.07 Å². The molecule has 1 fully saturated rings. The summed E-state index contributed by atoms with van der Waals surface area (Å²) in [5.74, 6) is 0.446. The first-order valence-electron chi connectivity index (χ1n) is 6.89. The van der Waals surface area contributed by atoms with Crippen molar-refractivity contribution >= 4 is 5.78 Å². The van der Waals surface area contributed by atoms with Gasteiger partial charge in [0.1, 0.15) is 5.78 Å². The number of rotatable bonds is 4. The second kappa shape index (κ2) is 5.66. The van der Waals surface area contributed by atoms with Crippen LogP contribution in [0.4, 0.5) is 0 Å². The number of ketones is 1. The lowest BCUT2D eigenvalue weighted by Crippen LogP contribution is -2.41. The van der Waals surface area contributed by atoms with Crippen LogP contribution in [0.3, 0.4) is 0 Å². The SMILES string of the molecule is CN(C)CCC1(c2ccccc2)CCCCC1=O. The molecule has 0 aromatic heterocycles. The van der Waals surface area contributed by atoms with E-state index in [1.165, 1.54) is 12.0 Å². The summed E-state index contributed by atoms with van der Waals surface area (Å²) in [7, 11) is 4.15. The van der Waals surface area contributed by atoms with E-state index >= 15 is 0 Å². The van der Waals surface area contributed by atoms with Crippen molar-refractivity contribution in [1.29, 1.82) is 0 Å². The van der Waals surface area contributed by atoms with Crippen LogP contribution in [-0.4, -0.2) is 31.3 Å². The summed E-state index contributed by atoms with van der Waals surface area (Å²) >= 11 is 0. The zero-order valence-corrected chi connectivity index (χ0v) is 11.5. The number of Topliss-reactive ketones (excluding diaryl/α,β-unsaturated/α-hetero) is 1. The molecule has 0 heterocycles. The van der Waals surface area contributed by atoms with Gasteiger partial charge < -0.3 is 4.90 Å². The Labute approximate surface area is 110 Å². The van der Waals surface area contributed by atoms with Crippen molar-refractivity contribution in [1.82, 2.24) is 4.90 Å². The van der Waals surface area contributed by atoms with Gasteiger partial charge in [0.15, 0.2) is 0 Å². The molecule has 1 aliphatic rings. The van der Waals surface area contributed by atoms with Crippen LogP contribution >= 0.6 is 0 Å². The normalized spacial score (nSPS) is 24.5. The highest BCUT2D eigenvalue weighted by Crippen LogP contribution is 2.39. The smallest absolute Gasteiger partial charge is 0.143 e. The molecule has 0 amide bonds. The quantitative estimate of drug-likeness (QED) is 0.812. The molecule has 2 heteroatoms. The molecule has 1 unspecified atom stereocenters. The number of benzene rings is 1. The van der Waals surface area contributed by atoms with E-state index in [-0.39, 0.29) is 5.41 Å². The van der Waals surface area contributed by atoms with E-state index in [1.54, 1.807) is 0 Å². The van der Waals surface area contributed by atoms with Gasteiger partial charge in [-0.05, 0) is 45.5 Å². The second-order valence-corrected chi connectivity index (χ2v) is 5.63. The molecule has 18 heavy (non-hydrogen) atoms. The number of hydrogen-bond donors (Lipinski definition) is 0. The van der Waals surface area contributed by atoms with E-state index in [0.29, 0.717) is 5.78 Å². The molecule has 2 nitrogen and oxygen atoms in total. The zero-order valence-electron chi connectivity index (χ0n) is 11.5. The van der Waals surface area contributed by atoms with Crippen LogP contribution in [-0.2, 0) is 10.2 Å². The molecule has 0 bridgehead atoms. The zero-order chi connectivity index (χ0) is 13.0. The van der Waals surface area contributed by atoms with Gasteiger partial charge in [-0.1, -0.05) is 36.8 Å². The predicted octanol–water partition coefficient (Wildman–Crippen LogP) is 3.02. The number of carbonyl (C=O) groups is 1. The molecule has 1 aliphatic carbocycles. The van der Waals surface area contributed by atoms with Crippen LogP contribution in [0.2, 0.25) is 0 Å². The molecule has 0 spiro atoms. The first kappa shape index (κ1) is 13.3. The largest absolute Gasteiger partial charge is 0.309 e. The Balaban J connectivity index is 2.30. The minimum atomic E-state index is -0.218. The van der Waals surface area contributed by atoms with Crippen LogP contribution in [0.15, 0.2) is 30.3 Å². The lowest BCUT2D eigenvalue weighted by molar-refractivity contribution is -0.127. The molecular formula is C16H23NO. The number of carbonyl (C=O) groups excluding carboxylic acids is 1. The molecule has 0 saturated heterocycles. The topological polar surface area (TPSA) is 20.3 Å². The Bertz CT molecular complexity index is 399. The van der Waals surface area contributed by atoms with Crippen molar-refractivity contribution in [3.8, 4) is 0 Å². The van der Waals surface area contributed by atoms with Gasteiger partial charge in [-0.3, -0.25) is 4.79 Å². The Hall–Kier alpha value is -1.15. The summed E-state index contributed by atoms with van der Waals surface area (Å²) in [6.07, 6.45) is 4.96. The van der Waals surface area contributed by atoms with Crippen LogP contribution in [0.5, 0.6) is 0 Å². The second-order valence-electron chi connectivity index (χ2n) is 5.63. The highest BCUT2D eigenvalue weighted by molar-refractivity contribution is 5.90. The van der Waals surface area contributed by atoms with Crippen molar-refractivity contribution in [2.24, 2.45) is 0 Å². The molecule has 0 radical (unpaired) electrons. The van der Waals surface area contributed by atoms with Gasteiger partial charge in [-0.25, -0.2) is 0 Å². The number of hydrogen-bond acceptors (Lipinski definition) is 2. The maximum absolute atomic E-state index is 12.5. The molecule has 1 saturated carbocycles. The molecule has 2 rings (SSSR count). The number of nitrogens with zero attached hydrogens (tertiary/aromatic N) is 1. The van der Waals surface area contributed by atoms with Gasteiger partial charge in [0.2, 0.25) is 0 Å². The van der Waals surface area contributed by atoms with Crippen molar-refractivity contribution in [3.05, 3.63) is 35.9 Å². The fraction of sp³-hybridized carbons (Fsp3) is 0.562. The summed E-state index contributed by atoms with van der Waals surface area (Å²) in [5, 5.41) is 0. The maximum atomic E-state index is 12.5. The van der Waals surface area contributed by atoms with E-state index in [4.69, 9.17) is 0 Å². The summed E-state index contributed by atoms with van der Waals surface area (Å²) in [6, 6.07) is 10.4. The standard InChI is InChI=1S/C16H23NO/c1-17(2)13-12-16(11-7-6-10-15(16)18)14-8-4-3-5-9-14/h3-5,8-9H,6-7,10-13H2,1-2H3. The molecule has 1 aromatic rings. The van der Waals surface area contributed by atoms with Gasteiger partial charge in [0.05, 0.1) is 5.41 Å². The van der Waals surface area contributed by atoms with Crippen molar-refractivity contribution in [2.45, 2.75) is 37.5 Å². The third-order valence-electron chi connectivity index (χ3n) is 4.10. The third kappa shape index (κ3) is 2.64. The van der Waals surface area contributed by atoms with Crippen molar-refractivity contribution in [2.75, 3.05) is 20.6 Å². The predicted molar refractivity (Wildman–Crippen MR) is 74.8 cm³/mol. The Morgan fingerprint density at radius 1 is 1.17 bits per heavy atom. The summed E-state index contributed by atoms with van der Waals surface area (Å²) in [5.41, 5.74) is 1.00. The third-order valence-corrected chi connectivity index (χ3v) is 4.10. The molecule has 0 N–H and O–H groups in total. The molecule has 0 aliphatic heterocycles. The van der Waals surface area contributed by atoms with Crippen LogP contribution < -0.4 is 0 Å². The van der Waals surface area contributed by atoms with Gasteiger partial charge in [-0.2, -0.15) is 0 Å². The van der Waals surface area contributed by atoms with Gasteiger partial charge in [0, 0.05) is 6.42 Å². The van der Waals surface area contributed by atoms with Crippen LogP contribution in [0.1, 0.15) is 37.7 Å². The lowest BCUT2D eigenvalue weighted by atomic mass is 9.66. The molecule has 1 aromatic carbocycles. The van der Waals surface area contributed by atoms with E-state index in [0.717, 1.165) is 32.2 Å². The minimum Gasteiger partial charge on any atom is -0.309 e. The van der Waals surface area contributed by atoms with Gasteiger partial charge in [0.25, 0.3) is 0 Å². The monoisotopic (exact) mass is 245 g/mol. The Morgan fingerprint density at radius 3 is 2.50 bits per heavy atom. The maximum Gasteiger partial charge on any atom is 0.143 e. The fourth-order valence-electron chi connectivity index (χ4n) is 2.98. The summed E-state index contributed by atoms with van der Waals surface area (Å²) in [6.45, 7) is 0.973. The van der Waals surface area contributed by atoms with E-state index in [9.17, 15) is 4.79 Å². The van der Waals surface area contributed by atoms with Crippen LogP contribution in [0, 0.1) is 0 Å². The highest BCUT2D eigenvalue weighted by atomic mass is 16.1. The van der Waals surface area contributed by atoms with Crippen molar-refractivity contribution in [3.63, 3.8) is 0 Å². The molecular weight excluding hydrogens is 222 g/mol. The minimum absolute atomic E-state index is 0.218. The summed E-state index contributed by atoms with van der Waals surface area (Å²) in [4.78, 5) is 14.7. The Morgan fingerprint density at radius 2 is 1.89 bits per heavy atom. The fourth-order valence-corrected chi connectivity index (χ4v) is 2.98. The van der Waals surface area contributed by atoms with E-state index < -0.39 is 0 Å². The first-order chi connectivity index (χ1) is 8.65.